The number of benzene rings is 1. The lowest BCUT2D eigenvalue weighted by molar-refractivity contribution is 0.0226. The molecule has 0 aromatic heterocycles. The molecule has 0 bridgehead atoms. The second-order valence-electron chi connectivity index (χ2n) is 6.84. The fourth-order valence-electron chi connectivity index (χ4n) is 2.65. The number of carbonyl (C=O) groups excluding carboxylic acids is 1. The summed E-state index contributed by atoms with van der Waals surface area (Å²) in [5.41, 5.74) is 0.518. The highest BCUT2D eigenvalue weighted by Crippen LogP contribution is 2.21. The fraction of sp³-hybridized carbons (Fsp3) is 0.588. The van der Waals surface area contributed by atoms with E-state index in [4.69, 9.17) is 4.74 Å². The zero-order valence-corrected chi connectivity index (χ0v) is 15.5. The summed E-state index contributed by atoms with van der Waals surface area (Å²) in [5, 5.41) is 3.35. The van der Waals surface area contributed by atoms with Crippen LogP contribution in [0.3, 0.4) is 0 Å². The molecule has 1 N–H and O–H groups in total. The standard InChI is InChI=1S/C17H24BrFN2O2/c1-17(2,3)23-16(22)21-8-4-5-14(21)11-20-10-12-6-7-13(19)9-15(12)18/h6-7,9,14,20H,4-5,8,10-11H2,1-3H3. The fourth-order valence-corrected chi connectivity index (χ4v) is 3.14. The number of hydrogen-bond donors (Lipinski definition) is 1. The molecule has 0 radical (unpaired) electrons. The normalized spacial score (nSPS) is 18.3. The number of nitrogens with one attached hydrogen (secondary N) is 1. The Morgan fingerprint density at radius 2 is 2.22 bits per heavy atom. The summed E-state index contributed by atoms with van der Waals surface area (Å²) < 4.78 is 19.3. The molecule has 2 rings (SSSR count). The van der Waals surface area contributed by atoms with Crippen LogP contribution in [-0.2, 0) is 11.3 Å². The van der Waals surface area contributed by atoms with E-state index in [2.05, 4.69) is 21.2 Å². The SMILES string of the molecule is CC(C)(C)OC(=O)N1CCCC1CNCc1ccc(F)cc1Br. The molecule has 1 aromatic rings. The van der Waals surface area contributed by atoms with Gasteiger partial charge in [-0.05, 0) is 51.3 Å². The monoisotopic (exact) mass is 386 g/mol. The molecule has 1 saturated heterocycles. The molecule has 0 aliphatic carbocycles. The minimum atomic E-state index is -0.476. The Hall–Kier alpha value is -1.14. The second kappa shape index (κ2) is 7.62. The van der Waals surface area contributed by atoms with Gasteiger partial charge in [0.15, 0.2) is 0 Å². The summed E-state index contributed by atoms with van der Waals surface area (Å²) in [7, 11) is 0. The highest BCUT2D eigenvalue weighted by molar-refractivity contribution is 9.10. The van der Waals surface area contributed by atoms with Crippen molar-refractivity contribution in [2.45, 2.75) is 51.8 Å². The Morgan fingerprint density at radius 3 is 2.87 bits per heavy atom. The molecular weight excluding hydrogens is 363 g/mol. The van der Waals surface area contributed by atoms with Crippen molar-refractivity contribution in [2.75, 3.05) is 13.1 Å². The Bertz CT molecular complexity index is 560. The summed E-state index contributed by atoms with van der Waals surface area (Å²) in [6.45, 7) is 7.69. The van der Waals surface area contributed by atoms with E-state index in [1.807, 2.05) is 20.8 Å². The topological polar surface area (TPSA) is 41.6 Å². The number of hydrogen-bond acceptors (Lipinski definition) is 3. The van der Waals surface area contributed by atoms with Crippen LogP contribution in [0.4, 0.5) is 9.18 Å². The van der Waals surface area contributed by atoms with Gasteiger partial charge in [-0.25, -0.2) is 9.18 Å². The van der Waals surface area contributed by atoms with E-state index >= 15 is 0 Å². The van der Waals surface area contributed by atoms with Gasteiger partial charge in [0.05, 0.1) is 0 Å². The molecule has 1 amide bonds. The van der Waals surface area contributed by atoms with Crippen molar-refractivity contribution in [3.8, 4) is 0 Å². The van der Waals surface area contributed by atoms with Crippen LogP contribution in [0, 0.1) is 5.82 Å². The predicted molar refractivity (Wildman–Crippen MR) is 91.8 cm³/mol. The number of rotatable bonds is 4. The number of carbonyl (C=O) groups is 1. The number of amides is 1. The van der Waals surface area contributed by atoms with Crippen molar-refractivity contribution in [1.29, 1.82) is 0 Å². The van der Waals surface area contributed by atoms with Gasteiger partial charge >= 0.3 is 6.09 Å². The van der Waals surface area contributed by atoms with Crippen LogP contribution in [-0.4, -0.2) is 35.7 Å². The first-order chi connectivity index (χ1) is 10.8. The minimum Gasteiger partial charge on any atom is -0.444 e. The van der Waals surface area contributed by atoms with Gasteiger partial charge < -0.3 is 15.0 Å². The maximum Gasteiger partial charge on any atom is 0.410 e. The Labute approximate surface area is 145 Å². The van der Waals surface area contributed by atoms with E-state index in [9.17, 15) is 9.18 Å². The van der Waals surface area contributed by atoms with Crippen LogP contribution in [0.2, 0.25) is 0 Å². The van der Waals surface area contributed by atoms with Crippen molar-refractivity contribution in [3.63, 3.8) is 0 Å². The first kappa shape index (κ1) is 18.2. The molecule has 23 heavy (non-hydrogen) atoms. The Balaban J connectivity index is 1.85. The third-order valence-electron chi connectivity index (χ3n) is 3.72. The van der Waals surface area contributed by atoms with Crippen LogP contribution in [0.25, 0.3) is 0 Å². The van der Waals surface area contributed by atoms with Gasteiger partial charge in [0.25, 0.3) is 0 Å². The number of likely N-dealkylation sites (tertiary alicyclic amines) is 1. The van der Waals surface area contributed by atoms with Gasteiger partial charge in [-0.3, -0.25) is 0 Å². The van der Waals surface area contributed by atoms with Gasteiger partial charge in [-0.15, -0.1) is 0 Å². The quantitative estimate of drug-likeness (QED) is 0.847. The molecule has 1 aromatic carbocycles. The third-order valence-corrected chi connectivity index (χ3v) is 4.45. The molecule has 0 spiro atoms. The highest BCUT2D eigenvalue weighted by atomic mass is 79.9. The largest absolute Gasteiger partial charge is 0.444 e. The van der Waals surface area contributed by atoms with Gasteiger partial charge in [-0.1, -0.05) is 22.0 Å². The maximum atomic E-state index is 13.1. The lowest BCUT2D eigenvalue weighted by Crippen LogP contribution is -2.44. The maximum absolute atomic E-state index is 13.1. The highest BCUT2D eigenvalue weighted by Gasteiger charge is 2.31. The Kier molecular flexibility index (Phi) is 6.03. The predicted octanol–water partition coefficient (Wildman–Crippen LogP) is 4.08. The zero-order valence-electron chi connectivity index (χ0n) is 13.9. The summed E-state index contributed by atoms with van der Waals surface area (Å²) >= 11 is 3.36. The number of ether oxygens (including phenoxy) is 1. The van der Waals surface area contributed by atoms with Gasteiger partial charge in [0.2, 0.25) is 0 Å². The molecule has 0 saturated carbocycles. The number of nitrogens with zero attached hydrogens (tertiary/aromatic N) is 1. The van der Waals surface area contributed by atoms with E-state index < -0.39 is 5.60 Å². The molecule has 1 aliphatic rings. The zero-order chi connectivity index (χ0) is 17.0. The molecular formula is C17H24BrFN2O2. The van der Waals surface area contributed by atoms with Gasteiger partial charge in [-0.2, -0.15) is 0 Å². The van der Waals surface area contributed by atoms with E-state index in [1.54, 1.807) is 11.0 Å². The summed E-state index contributed by atoms with van der Waals surface area (Å²) in [6.07, 6.45) is 1.72. The summed E-state index contributed by atoms with van der Waals surface area (Å²) in [5.74, 6) is -0.257. The summed E-state index contributed by atoms with van der Waals surface area (Å²) in [6, 6.07) is 4.81. The third kappa shape index (κ3) is 5.46. The average Bonchev–Trinajstić information content (AvgIpc) is 2.88. The molecule has 1 atom stereocenters. The van der Waals surface area contributed by atoms with Crippen molar-refractivity contribution in [3.05, 3.63) is 34.1 Å². The van der Waals surface area contributed by atoms with Crippen molar-refractivity contribution < 1.29 is 13.9 Å². The van der Waals surface area contributed by atoms with E-state index in [-0.39, 0.29) is 18.0 Å². The molecule has 6 heteroatoms. The molecule has 4 nitrogen and oxygen atoms in total. The smallest absolute Gasteiger partial charge is 0.410 e. The molecule has 128 valence electrons. The van der Waals surface area contributed by atoms with Crippen molar-refractivity contribution in [2.24, 2.45) is 0 Å². The van der Waals surface area contributed by atoms with Crippen molar-refractivity contribution in [1.82, 2.24) is 10.2 Å². The van der Waals surface area contributed by atoms with E-state index in [1.165, 1.54) is 12.1 Å². The minimum absolute atomic E-state index is 0.143. The van der Waals surface area contributed by atoms with Gasteiger partial charge in [0, 0.05) is 30.1 Å². The van der Waals surface area contributed by atoms with Crippen LogP contribution >= 0.6 is 15.9 Å². The van der Waals surface area contributed by atoms with Crippen LogP contribution in [0.5, 0.6) is 0 Å². The second-order valence-corrected chi connectivity index (χ2v) is 7.69. The average molecular weight is 387 g/mol. The number of halogens is 2. The Morgan fingerprint density at radius 1 is 1.48 bits per heavy atom. The van der Waals surface area contributed by atoms with Crippen molar-refractivity contribution >= 4 is 22.0 Å². The molecule has 1 heterocycles. The first-order valence-electron chi connectivity index (χ1n) is 7.90. The molecule has 1 unspecified atom stereocenters. The van der Waals surface area contributed by atoms with Crippen LogP contribution < -0.4 is 5.32 Å². The van der Waals surface area contributed by atoms with E-state index in [0.717, 1.165) is 29.4 Å². The summed E-state index contributed by atoms with van der Waals surface area (Å²) in [4.78, 5) is 14.0. The first-order valence-corrected chi connectivity index (χ1v) is 8.70. The van der Waals surface area contributed by atoms with Gasteiger partial charge in [0.1, 0.15) is 11.4 Å². The van der Waals surface area contributed by atoms with Crippen LogP contribution in [0.1, 0.15) is 39.2 Å². The van der Waals surface area contributed by atoms with E-state index in [0.29, 0.717) is 13.1 Å². The van der Waals surface area contributed by atoms with Crippen LogP contribution in [0.15, 0.2) is 22.7 Å². The lowest BCUT2D eigenvalue weighted by Gasteiger charge is -2.28. The lowest BCUT2D eigenvalue weighted by atomic mass is 10.2. The molecule has 1 aliphatic heterocycles. The molecule has 1 fully saturated rings.